The fourth-order valence-corrected chi connectivity index (χ4v) is 2.57. The van der Waals surface area contributed by atoms with Gasteiger partial charge in [-0.1, -0.05) is 11.6 Å². The van der Waals surface area contributed by atoms with Crippen molar-refractivity contribution in [1.82, 2.24) is 9.40 Å². The Bertz CT molecular complexity index is 345. The molecule has 2 rings (SSSR count). The molecule has 0 aliphatic carbocycles. The third-order valence-electron chi connectivity index (χ3n) is 1.58. The highest BCUT2D eigenvalue weighted by Crippen LogP contribution is 2.34. The number of hydrogen-bond donors (Lipinski definition) is 0. The van der Waals surface area contributed by atoms with Crippen molar-refractivity contribution in [3.05, 3.63) is 21.8 Å². The van der Waals surface area contributed by atoms with Gasteiger partial charge in [-0.2, -0.15) is 0 Å². The molecule has 1 aromatic heterocycles. The zero-order chi connectivity index (χ0) is 8.72. The van der Waals surface area contributed by atoms with Gasteiger partial charge in [0.1, 0.15) is 0 Å². The molecule has 0 radical (unpaired) electrons. The van der Waals surface area contributed by atoms with E-state index in [9.17, 15) is 0 Å². The quantitative estimate of drug-likeness (QED) is 0.626. The van der Waals surface area contributed by atoms with Crippen LogP contribution >= 0.6 is 34.7 Å². The molecule has 0 aromatic carbocycles. The summed E-state index contributed by atoms with van der Waals surface area (Å²) >= 11 is 13.4. The summed E-state index contributed by atoms with van der Waals surface area (Å²) in [5.74, 6) is 0. The lowest BCUT2D eigenvalue weighted by atomic mass is 10.3. The van der Waals surface area contributed by atoms with Gasteiger partial charge in [0, 0.05) is 18.0 Å². The summed E-state index contributed by atoms with van der Waals surface area (Å²) in [6.07, 6.45) is 1.71. The van der Waals surface area contributed by atoms with Crippen LogP contribution < -0.4 is 0 Å². The number of thiazole rings is 1. The predicted molar refractivity (Wildman–Crippen MR) is 52.1 cm³/mol. The molecule has 0 unspecified atom stereocenters. The van der Waals surface area contributed by atoms with Crippen molar-refractivity contribution in [2.75, 3.05) is 0 Å². The molecule has 2 heterocycles. The molecule has 1 aliphatic rings. The van der Waals surface area contributed by atoms with Crippen LogP contribution in [0.25, 0.3) is 5.03 Å². The first-order valence-corrected chi connectivity index (χ1v) is 4.96. The highest BCUT2D eigenvalue weighted by Gasteiger charge is 2.18. The van der Waals surface area contributed by atoms with E-state index in [1.54, 1.807) is 17.5 Å². The van der Waals surface area contributed by atoms with Gasteiger partial charge in [0.2, 0.25) is 0 Å². The number of nitrogens with zero attached hydrogens (tertiary/aromatic N) is 2. The van der Waals surface area contributed by atoms with Crippen molar-refractivity contribution in [3.63, 3.8) is 0 Å². The van der Waals surface area contributed by atoms with E-state index in [4.69, 9.17) is 23.4 Å². The van der Waals surface area contributed by atoms with Crippen molar-refractivity contribution in [3.8, 4) is 0 Å². The van der Waals surface area contributed by atoms with E-state index >= 15 is 0 Å². The van der Waals surface area contributed by atoms with Gasteiger partial charge in [-0.15, -0.1) is 11.3 Å². The van der Waals surface area contributed by atoms with E-state index in [0.717, 1.165) is 15.6 Å². The van der Waals surface area contributed by atoms with Crippen molar-refractivity contribution < 1.29 is 0 Å². The van der Waals surface area contributed by atoms with Gasteiger partial charge in [-0.05, 0) is 6.92 Å². The Morgan fingerprint density at radius 3 is 3.17 bits per heavy atom. The third kappa shape index (κ3) is 1.32. The SMILES string of the molecule is Cc1nc2c(s1)C(Cl)=CN(Cl)C2. The summed E-state index contributed by atoms with van der Waals surface area (Å²) in [4.78, 5) is 5.37. The fourth-order valence-electron chi connectivity index (χ4n) is 1.13. The highest BCUT2D eigenvalue weighted by molar-refractivity contribution is 7.13. The summed E-state index contributed by atoms with van der Waals surface area (Å²) in [6.45, 7) is 2.60. The topological polar surface area (TPSA) is 16.1 Å². The van der Waals surface area contributed by atoms with Crippen LogP contribution in [-0.2, 0) is 6.54 Å². The zero-order valence-corrected chi connectivity index (χ0v) is 8.67. The maximum atomic E-state index is 5.96. The van der Waals surface area contributed by atoms with Gasteiger partial charge < -0.3 is 0 Å². The molecular formula is C7H6Cl2N2S. The second-order valence-electron chi connectivity index (χ2n) is 2.54. The van der Waals surface area contributed by atoms with Crippen LogP contribution in [0.4, 0.5) is 0 Å². The second-order valence-corrected chi connectivity index (χ2v) is 4.59. The van der Waals surface area contributed by atoms with E-state index in [1.807, 2.05) is 6.92 Å². The van der Waals surface area contributed by atoms with Crippen molar-refractivity contribution in [1.29, 1.82) is 0 Å². The molecular weight excluding hydrogens is 215 g/mol. The molecule has 64 valence electrons. The van der Waals surface area contributed by atoms with E-state index in [2.05, 4.69) is 4.98 Å². The van der Waals surface area contributed by atoms with Crippen LogP contribution in [0.2, 0.25) is 0 Å². The Morgan fingerprint density at radius 2 is 2.42 bits per heavy atom. The monoisotopic (exact) mass is 220 g/mol. The van der Waals surface area contributed by atoms with Crippen molar-refractivity contribution >= 4 is 39.7 Å². The lowest BCUT2D eigenvalue weighted by molar-refractivity contribution is 0.583. The molecule has 0 N–H and O–H groups in total. The van der Waals surface area contributed by atoms with Gasteiger partial charge in [0.25, 0.3) is 0 Å². The van der Waals surface area contributed by atoms with Gasteiger partial charge in [-0.3, -0.25) is 4.42 Å². The molecule has 0 spiro atoms. The Hall–Kier alpha value is -0.250. The fraction of sp³-hybridized carbons (Fsp3) is 0.286. The number of hydrogen-bond acceptors (Lipinski definition) is 3. The first kappa shape index (κ1) is 8.35. The van der Waals surface area contributed by atoms with Gasteiger partial charge >= 0.3 is 0 Å². The Morgan fingerprint density at radius 1 is 1.67 bits per heavy atom. The molecule has 2 nitrogen and oxygen atoms in total. The molecule has 12 heavy (non-hydrogen) atoms. The maximum absolute atomic E-state index is 5.96. The standard InChI is InChI=1S/C7H6Cl2N2S/c1-4-10-6-3-11(9)2-5(8)7(6)12-4/h2H,3H2,1H3. The minimum atomic E-state index is 0.636. The van der Waals surface area contributed by atoms with E-state index in [1.165, 1.54) is 4.42 Å². The van der Waals surface area contributed by atoms with Crippen LogP contribution in [0, 0.1) is 6.92 Å². The summed E-state index contributed by atoms with van der Waals surface area (Å²) in [5, 5.41) is 1.70. The summed E-state index contributed by atoms with van der Waals surface area (Å²) in [5.41, 5.74) is 0.972. The molecule has 0 saturated carbocycles. The molecule has 1 aromatic rings. The normalized spacial score (nSPS) is 15.9. The molecule has 0 fully saturated rings. The number of fused-ring (bicyclic) bond motifs is 1. The van der Waals surface area contributed by atoms with Crippen LogP contribution in [-0.4, -0.2) is 9.40 Å². The Balaban J connectivity index is 2.51. The molecule has 0 saturated heterocycles. The average Bonchev–Trinajstić information content (AvgIpc) is 2.29. The highest BCUT2D eigenvalue weighted by atomic mass is 35.5. The van der Waals surface area contributed by atoms with E-state index in [0.29, 0.717) is 11.6 Å². The molecule has 0 bridgehead atoms. The minimum absolute atomic E-state index is 0.636. The minimum Gasteiger partial charge on any atom is -0.285 e. The first-order chi connectivity index (χ1) is 5.66. The summed E-state index contributed by atoms with van der Waals surface area (Å²) < 4.78 is 1.52. The first-order valence-electron chi connectivity index (χ1n) is 3.43. The lowest BCUT2D eigenvalue weighted by Crippen LogP contribution is -2.09. The lowest BCUT2D eigenvalue weighted by Gasteiger charge is -2.15. The zero-order valence-electron chi connectivity index (χ0n) is 6.34. The predicted octanol–water partition coefficient (Wildman–Crippen LogP) is 2.96. The molecule has 5 heteroatoms. The van der Waals surface area contributed by atoms with Gasteiger partial charge in [0.05, 0.1) is 27.2 Å². The average molecular weight is 221 g/mol. The largest absolute Gasteiger partial charge is 0.285 e. The van der Waals surface area contributed by atoms with E-state index < -0.39 is 0 Å². The van der Waals surface area contributed by atoms with Crippen LogP contribution in [0.1, 0.15) is 15.6 Å². The van der Waals surface area contributed by atoms with E-state index in [-0.39, 0.29) is 0 Å². The van der Waals surface area contributed by atoms with Crippen LogP contribution in [0.5, 0.6) is 0 Å². The third-order valence-corrected chi connectivity index (χ3v) is 3.24. The summed E-state index contributed by atoms with van der Waals surface area (Å²) in [6, 6.07) is 0. The molecule has 1 aliphatic heterocycles. The van der Waals surface area contributed by atoms with Crippen LogP contribution in [0.3, 0.4) is 0 Å². The number of halogens is 2. The Kier molecular flexibility index (Phi) is 2.02. The Labute approximate surface area is 84.5 Å². The van der Waals surface area contributed by atoms with Crippen LogP contribution in [0.15, 0.2) is 6.20 Å². The van der Waals surface area contributed by atoms with Gasteiger partial charge in [0.15, 0.2) is 0 Å². The smallest absolute Gasteiger partial charge is 0.0905 e. The van der Waals surface area contributed by atoms with Gasteiger partial charge in [-0.25, -0.2) is 4.98 Å². The summed E-state index contributed by atoms with van der Waals surface area (Å²) in [7, 11) is 0. The number of aryl methyl sites for hydroxylation is 1. The molecule has 0 amide bonds. The second kappa shape index (κ2) is 2.91. The van der Waals surface area contributed by atoms with Crippen molar-refractivity contribution in [2.45, 2.75) is 13.5 Å². The number of rotatable bonds is 0. The number of aromatic nitrogens is 1. The maximum Gasteiger partial charge on any atom is 0.0905 e. The molecule has 0 atom stereocenters. The van der Waals surface area contributed by atoms with Crippen molar-refractivity contribution in [2.24, 2.45) is 0 Å².